The number of rotatable bonds is 4. The summed E-state index contributed by atoms with van der Waals surface area (Å²) in [5, 5.41) is 12.1. The molecule has 0 aromatic carbocycles. The minimum atomic E-state index is -0.728. The predicted molar refractivity (Wildman–Crippen MR) is 53.8 cm³/mol. The van der Waals surface area contributed by atoms with Gasteiger partial charge in [0.15, 0.2) is 0 Å². The van der Waals surface area contributed by atoms with E-state index >= 15 is 0 Å². The van der Waals surface area contributed by atoms with Crippen molar-refractivity contribution >= 4 is 29.5 Å². The Morgan fingerprint density at radius 2 is 2.58 bits per heavy atom. The number of nitrogens with one attached hydrogen (secondary N) is 1. The SMILES string of the molecule is CSCC[C@H]1N[C@H](C(=O)O)CS1. The van der Waals surface area contributed by atoms with E-state index in [-0.39, 0.29) is 6.04 Å². The highest BCUT2D eigenvalue weighted by atomic mass is 32.2. The Bertz CT molecular complexity index is 165. The molecule has 2 N–H and O–H groups in total. The molecule has 1 aliphatic rings. The van der Waals surface area contributed by atoms with E-state index in [2.05, 4.69) is 11.6 Å². The van der Waals surface area contributed by atoms with Crippen molar-refractivity contribution in [3.8, 4) is 0 Å². The van der Waals surface area contributed by atoms with Gasteiger partial charge < -0.3 is 5.11 Å². The fraction of sp³-hybridized carbons (Fsp3) is 0.857. The summed E-state index contributed by atoms with van der Waals surface area (Å²) in [7, 11) is 0. The molecular weight excluding hydrogens is 194 g/mol. The van der Waals surface area contributed by atoms with Gasteiger partial charge in [0.1, 0.15) is 6.04 Å². The van der Waals surface area contributed by atoms with E-state index in [0.717, 1.165) is 12.2 Å². The average molecular weight is 207 g/mol. The van der Waals surface area contributed by atoms with E-state index in [1.54, 1.807) is 23.5 Å². The van der Waals surface area contributed by atoms with Crippen molar-refractivity contribution in [3.05, 3.63) is 0 Å². The molecule has 0 radical (unpaired) electrons. The highest BCUT2D eigenvalue weighted by Gasteiger charge is 2.28. The maximum absolute atomic E-state index is 10.5. The van der Waals surface area contributed by atoms with Gasteiger partial charge >= 0.3 is 5.97 Å². The number of thioether (sulfide) groups is 2. The van der Waals surface area contributed by atoms with Gasteiger partial charge in [-0.1, -0.05) is 0 Å². The first-order chi connectivity index (χ1) is 5.74. The molecule has 1 heterocycles. The zero-order chi connectivity index (χ0) is 8.97. The molecular formula is C7H13NO2S2. The molecule has 12 heavy (non-hydrogen) atoms. The van der Waals surface area contributed by atoms with Crippen LogP contribution in [0.5, 0.6) is 0 Å². The van der Waals surface area contributed by atoms with E-state index in [4.69, 9.17) is 5.11 Å². The molecule has 0 aromatic rings. The van der Waals surface area contributed by atoms with Crippen LogP contribution in [0.2, 0.25) is 0 Å². The quantitative estimate of drug-likeness (QED) is 0.716. The van der Waals surface area contributed by atoms with Crippen molar-refractivity contribution in [3.63, 3.8) is 0 Å². The minimum absolute atomic E-state index is 0.332. The zero-order valence-electron chi connectivity index (χ0n) is 6.95. The monoisotopic (exact) mass is 207 g/mol. The second-order valence-electron chi connectivity index (χ2n) is 2.66. The molecule has 1 saturated heterocycles. The molecule has 0 amide bonds. The van der Waals surface area contributed by atoms with Crippen LogP contribution < -0.4 is 5.32 Å². The van der Waals surface area contributed by atoms with Gasteiger partial charge in [-0.05, 0) is 18.4 Å². The lowest BCUT2D eigenvalue weighted by molar-refractivity contribution is -0.138. The third kappa shape index (κ3) is 2.88. The van der Waals surface area contributed by atoms with Crippen LogP contribution in [0, 0.1) is 0 Å². The summed E-state index contributed by atoms with van der Waals surface area (Å²) in [4.78, 5) is 10.5. The van der Waals surface area contributed by atoms with Crippen molar-refractivity contribution in [1.82, 2.24) is 5.32 Å². The van der Waals surface area contributed by atoms with Gasteiger partial charge in [0, 0.05) is 5.75 Å². The van der Waals surface area contributed by atoms with Crippen molar-refractivity contribution in [2.75, 3.05) is 17.8 Å². The smallest absolute Gasteiger partial charge is 0.321 e. The molecule has 1 fully saturated rings. The second-order valence-corrected chi connectivity index (χ2v) is 4.88. The number of carbonyl (C=O) groups is 1. The van der Waals surface area contributed by atoms with Crippen molar-refractivity contribution < 1.29 is 9.90 Å². The molecule has 2 atom stereocenters. The summed E-state index contributed by atoms with van der Waals surface area (Å²) in [6, 6.07) is -0.332. The predicted octanol–water partition coefficient (Wildman–Crippen LogP) is 0.855. The van der Waals surface area contributed by atoms with Crippen LogP contribution in [0.1, 0.15) is 6.42 Å². The standard InChI is InChI=1S/C7H13NO2S2/c1-11-3-2-6-8-5(4-12-6)7(9)10/h5-6,8H,2-4H2,1H3,(H,9,10)/t5-,6-/m0/s1. The first kappa shape index (κ1) is 10.2. The van der Waals surface area contributed by atoms with Gasteiger partial charge in [-0.2, -0.15) is 11.8 Å². The first-order valence-corrected chi connectivity index (χ1v) is 6.27. The highest BCUT2D eigenvalue weighted by molar-refractivity contribution is 8.00. The molecule has 0 aliphatic carbocycles. The van der Waals surface area contributed by atoms with Crippen LogP contribution in [0.3, 0.4) is 0 Å². The van der Waals surface area contributed by atoms with Gasteiger partial charge in [-0.3, -0.25) is 10.1 Å². The topological polar surface area (TPSA) is 49.3 Å². The van der Waals surface area contributed by atoms with Crippen LogP contribution in [0.15, 0.2) is 0 Å². The van der Waals surface area contributed by atoms with Crippen molar-refractivity contribution in [1.29, 1.82) is 0 Å². The van der Waals surface area contributed by atoms with Gasteiger partial charge in [0.25, 0.3) is 0 Å². The Hall–Kier alpha value is 0.130. The molecule has 0 bridgehead atoms. The highest BCUT2D eigenvalue weighted by Crippen LogP contribution is 2.22. The molecule has 70 valence electrons. The second kappa shape index (κ2) is 4.99. The summed E-state index contributed by atoms with van der Waals surface area (Å²) in [6.45, 7) is 0. The Morgan fingerprint density at radius 1 is 1.83 bits per heavy atom. The maximum Gasteiger partial charge on any atom is 0.321 e. The summed E-state index contributed by atoms with van der Waals surface area (Å²) >= 11 is 3.51. The molecule has 0 spiro atoms. The lowest BCUT2D eigenvalue weighted by atomic mass is 10.3. The molecule has 5 heteroatoms. The fourth-order valence-corrected chi connectivity index (χ4v) is 2.90. The lowest BCUT2D eigenvalue weighted by Gasteiger charge is -2.08. The number of carboxylic acid groups (broad SMARTS) is 1. The van der Waals surface area contributed by atoms with Crippen molar-refractivity contribution in [2.45, 2.75) is 17.8 Å². The molecule has 1 aliphatic heterocycles. The number of aliphatic carboxylic acids is 1. The van der Waals surface area contributed by atoms with Gasteiger partial charge in [0.2, 0.25) is 0 Å². The van der Waals surface area contributed by atoms with Gasteiger partial charge in [-0.25, -0.2) is 0 Å². The van der Waals surface area contributed by atoms with E-state index in [9.17, 15) is 4.79 Å². The fourth-order valence-electron chi connectivity index (χ4n) is 1.07. The van der Waals surface area contributed by atoms with E-state index in [0.29, 0.717) is 11.1 Å². The Balaban J connectivity index is 2.21. The summed E-state index contributed by atoms with van der Waals surface area (Å²) in [5.41, 5.74) is 0. The molecule has 3 nitrogen and oxygen atoms in total. The lowest BCUT2D eigenvalue weighted by Crippen LogP contribution is -2.36. The summed E-state index contributed by atoms with van der Waals surface area (Å²) in [5.74, 6) is 1.07. The number of hydrogen-bond donors (Lipinski definition) is 2. The number of carboxylic acids is 1. The van der Waals surface area contributed by atoms with Crippen LogP contribution in [0.25, 0.3) is 0 Å². The van der Waals surface area contributed by atoms with Crippen LogP contribution >= 0.6 is 23.5 Å². The van der Waals surface area contributed by atoms with Crippen LogP contribution in [-0.4, -0.2) is 40.3 Å². The van der Waals surface area contributed by atoms with E-state index in [1.165, 1.54) is 0 Å². The largest absolute Gasteiger partial charge is 0.480 e. The van der Waals surface area contributed by atoms with Crippen LogP contribution in [0.4, 0.5) is 0 Å². The Kier molecular flexibility index (Phi) is 4.25. The molecule has 0 saturated carbocycles. The van der Waals surface area contributed by atoms with Crippen molar-refractivity contribution in [2.24, 2.45) is 0 Å². The Morgan fingerprint density at radius 3 is 3.08 bits per heavy atom. The normalized spacial score (nSPS) is 29.1. The Labute approximate surface area is 80.7 Å². The van der Waals surface area contributed by atoms with Gasteiger partial charge in [0.05, 0.1) is 5.37 Å². The molecule has 0 unspecified atom stereocenters. The average Bonchev–Trinajstić information content (AvgIpc) is 2.48. The van der Waals surface area contributed by atoms with E-state index < -0.39 is 5.97 Å². The summed E-state index contributed by atoms with van der Waals surface area (Å²) in [6.07, 6.45) is 3.11. The summed E-state index contributed by atoms with van der Waals surface area (Å²) < 4.78 is 0. The van der Waals surface area contributed by atoms with E-state index in [1.807, 2.05) is 0 Å². The molecule has 1 rings (SSSR count). The zero-order valence-corrected chi connectivity index (χ0v) is 8.58. The number of hydrogen-bond acceptors (Lipinski definition) is 4. The molecule has 0 aromatic heterocycles. The third-order valence-corrected chi connectivity index (χ3v) is 3.68. The maximum atomic E-state index is 10.5. The minimum Gasteiger partial charge on any atom is -0.480 e. The third-order valence-electron chi connectivity index (χ3n) is 1.73. The van der Waals surface area contributed by atoms with Gasteiger partial charge in [-0.15, -0.1) is 11.8 Å². The first-order valence-electron chi connectivity index (χ1n) is 3.83. The van der Waals surface area contributed by atoms with Crippen LogP contribution in [-0.2, 0) is 4.79 Å².